The maximum atomic E-state index is 14.0. The molecule has 0 saturated carbocycles. The quantitative estimate of drug-likeness (QED) is 0.492. The van der Waals surface area contributed by atoms with Gasteiger partial charge in [0.05, 0.1) is 12.1 Å². The first-order chi connectivity index (χ1) is 13.4. The fourth-order valence-corrected chi connectivity index (χ4v) is 3.33. The van der Waals surface area contributed by atoms with Crippen molar-refractivity contribution in [3.05, 3.63) is 70.2 Å². The van der Waals surface area contributed by atoms with Crippen molar-refractivity contribution in [1.82, 2.24) is 10.3 Å². The Bertz CT molecular complexity index is 1050. The zero-order valence-corrected chi connectivity index (χ0v) is 15.8. The number of carbonyl (C=O) groups is 1. The molecule has 2 aromatic carbocycles. The molecule has 0 radical (unpaired) electrons. The van der Waals surface area contributed by atoms with Crippen LogP contribution in [0.3, 0.4) is 0 Å². The van der Waals surface area contributed by atoms with Gasteiger partial charge in [0.25, 0.3) is 0 Å². The number of H-pyrrole nitrogens is 1. The van der Waals surface area contributed by atoms with Crippen LogP contribution in [0, 0.1) is 19.7 Å². The Labute approximate surface area is 162 Å². The molecule has 1 heterocycles. The normalized spacial score (nSPS) is 11.4. The number of benzene rings is 2. The minimum Gasteiger partial charge on any atom is -0.508 e. The minimum atomic E-state index is -0.280. The van der Waals surface area contributed by atoms with Crippen molar-refractivity contribution >= 4 is 22.9 Å². The highest BCUT2D eigenvalue weighted by Gasteiger charge is 2.13. The lowest BCUT2D eigenvalue weighted by molar-refractivity contribution is -0.116. The van der Waals surface area contributed by atoms with Crippen LogP contribution in [-0.4, -0.2) is 27.6 Å². The van der Waals surface area contributed by atoms with Gasteiger partial charge in [-0.3, -0.25) is 4.79 Å². The smallest absolute Gasteiger partial charge is 0.244 e. The van der Waals surface area contributed by atoms with E-state index in [-0.39, 0.29) is 24.1 Å². The maximum absolute atomic E-state index is 14.0. The second-order valence-electron chi connectivity index (χ2n) is 6.76. The first-order valence-corrected chi connectivity index (χ1v) is 9.05. The molecular weight excluding hydrogens is 359 g/mol. The zero-order chi connectivity index (χ0) is 20.3. The maximum Gasteiger partial charge on any atom is 0.244 e. The third kappa shape index (κ3) is 4.07. The largest absolute Gasteiger partial charge is 0.508 e. The molecule has 6 heteroatoms. The first kappa shape index (κ1) is 19.6. The van der Waals surface area contributed by atoms with Crippen LogP contribution in [0.5, 0.6) is 5.75 Å². The third-order valence-corrected chi connectivity index (χ3v) is 4.81. The Morgan fingerprint density at radius 1 is 1.25 bits per heavy atom. The number of hydrogen-bond donors (Lipinski definition) is 4. The van der Waals surface area contributed by atoms with E-state index in [2.05, 4.69) is 10.3 Å². The second-order valence-corrected chi connectivity index (χ2v) is 6.76. The monoisotopic (exact) mass is 382 g/mol. The van der Waals surface area contributed by atoms with Crippen LogP contribution in [0.1, 0.15) is 27.9 Å². The summed E-state index contributed by atoms with van der Waals surface area (Å²) in [5, 5.41) is 22.4. The standard InChI is InChI=1S/C22H23FN2O3/c1-13-3-6-18(23)22-21(13)17(14(2)25-22)9-10-24-20(28)8-5-15-4-7-19(27)16(11-15)12-26/h3-8,11,25-27H,9-10,12H2,1-2H3,(H,24,28)/b8-5+. The lowest BCUT2D eigenvalue weighted by Gasteiger charge is -2.05. The van der Waals surface area contributed by atoms with Crippen LogP contribution in [0.2, 0.25) is 0 Å². The number of nitrogens with one attached hydrogen (secondary N) is 2. The zero-order valence-electron chi connectivity index (χ0n) is 15.8. The second kappa shape index (κ2) is 8.27. The molecule has 3 aromatic rings. The fourth-order valence-electron chi connectivity index (χ4n) is 3.33. The summed E-state index contributed by atoms with van der Waals surface area (Å²) in [6, 6.07) is 7.96. The van der Waals surface area contributed by atoms with E-state index in [0.717, 1.165) is 22.2 Å². The van der Waals surface area contributed by atoms with Crippen LogP contribution < -0.4 is 5.32 Å². The van der Waals surface area contributed by atoms with Gasteiger partial charge in [0.2, 0.25) is 5.91 Å². The van der Waals surface area contributed by atoms with E-state index < -0.39 is 0 Å². The van der Waals surface area contributed by atoms with Gasteiger partial charge < -0.3 is 20.5 Å². The molecule has 0 aliphatic heterocycles. The Hall–Kier alpha value is -3.12. The predicted octanol–water partition coefficient (Wildman–Crippen LogP) is 3.49. The molecule has 0 unspecified atom stereocenters. The SMILES string of the molecule is Cc1[nH]c2c(F)ccc(C)c2c1CCNC(=O)/C=C/c1ccc(O)c(CO)c1. The number of aromatic amines is 1. The van der Waals surface area contributed by atoms with Gasteiger partial charge in [0, 0.05) is 29.3 Å². The summed E-state index contributed by atoms with van der Waals surface area (Å²) in [7, 11) is 0. The average molecular weight is 382 g/mol. The summed E-state index contributed by atoms with van der Waals surface area (Å²) >= 11 is 0. The fraction of sp³-hybridized carbons (Fsp3) is 0.227. The van der Waals surface area contributed by atoms with Crippen molar-refractivity contribution in [2.75, 3.05) is 6.54 Å². The number of phenols is 1. The van der Waals surface area contributed by atoms with Crippen molar-refractivity contribution in [3.63, 3.8) is 0 Å². The van der Waals surface area contributed by atoms with Gasteiger partial charge in [-0.1, -0.05) is 12.1 Å². The summed E-state index contributed by atoms with van der Waals surface area (Å²) in [4.78, 5) is 15.2. The molecule has 0 atom stereocenters. The number of carbonyl (C=O) groups excluding carboxylic acids is 1. The molecule has 0 saturated heterocycles. The molecule has 0 spiro atoms. The first-order valence-electron chi connectivity index (χ1n) is 9.05. The highest BCUT2D eigenvalue weighted by molar-refractivity contribution is 5.92. The number of aromatic nitrogens is 1. The number of halogens is 1. The highest BCUT2D eigenvalue weighted by atomic mass is 19.1. The molecule has 1 aromatic heterocycles. The van der Waals surface area contributed by atoms with Crippen LogP contribution in [0.15, 0.2) is 36.4 Å². The Morgan fingerprint density at radius 2 is 2.04 bits per heavy atom. The number of aliphatic hydroxyl groups is 1. The topological polar surface area (TPSA) is 85.4 Å². The Kier molecular flexibility index (Phi) is 5.80. The van der Waals surface area contributed by atoms with Crippen molar-refractivity contribution in [2.24, 2.45) is 0 Å². The van der Waals surface area contributed by atoms with Gasteiger partial charge >= 0.3 is 0 Å². The van der Waals surface area contributed by atoms with E-state index in [1.165, 1.54) is 18.2 Å². The van der Waals surface area contributed by atoms with E-state index in [1.807, 2.05) is 13.8 Å². The summed E-state index contributed by atoms with van der Waals surface area (Å²) in [6.07, 6.45) is 3.61. The van der Waals surface area contributed by atoms with E-state index in [9.17, 15) is 19.4 Å². The molecule has 3 rings (SSSR count). The molecule has 146 valence electrons. The molecule has 0 aliphatic carbocycles. The number of aliphatic hydroxyl groups excluding tert-OH is 1. The summed E-state index contributed by atoms with van der Waals surface area (Å²) < 4.78 is 14.0. The van der Waals surface area contributed by atoms with E-state index in [0.29, 0.717) is 29.6 Å². The van der Waals surface area contributed by atoms with Gasteiger partial charge in [-0.15, -0.1) is 0 Å². The molecule has 0 fully saturated rings. The molecule has 28 heavy (non-hydrogen) atoms. The van der Waals surface area contributed by atoms with Gasteiger partial charge in [0.15, 0.2) is 0 Å². The number of aromatic hydroxyl groups is 1. The predicted molar refractivity (Wildman–Crippen MR) is 108 cm³/mol. The molecule has 5 nitrogen and oxygen atoms in total. The van der Waals surface area contributed by atoms with Gasteiger partial charge in [-0.05, 0) is 61.2 Å². The van der Waals surface area contributed by atoms with E-state index in [1.54, 1.807) is 24.3 Å². The molecule has 1 amide bonds. The Balaban J connectivity index is 1.64. The Morgan fingerprint density at radius 3 is 2.79 bits per heavy atom. The minimum absolute atomic E-state index is 0.0185. The molecule has 4 N–H and O–H groups in total. The summed E-state index contributed by atoms with van der Waals surface area (Å²) in [5.41, 5.74) is 4.51. The summed E-state index contributed by atoms with van der Waals surface area (Å²) in [5.74, 6) is -0.512. The van der Waals surface area contributed by atoms with Crippen LogP contribution in [-0.2, 0) is 17.8 Å². The third-order valence-electron chi connectivity index (χ3n) is 4.81. The van der Waals surface area contributed by atoms with Crippen LogP contribution in [0.25, 0.3) is 17.0 Å². The number of rotatable bonds is 6. The van der Waals surface area contributed by atoms with Crippen LogP contribution >= 0.6 is 0 Å². The van der Waals surface area contributed by atoms with Crippen molar-refractivity contribution in [2.45, 2.75) is 26.9 Å². The molecule has 0 aliphatic rings. The van der Waals surface area contributed by atoms with E-state index >= 15 is 0 Å². The van der Waals surface area contributed by atoms with Gasteiger partial charge in [0.1, 0.15) is 11.6 Å². The van der Waals surface area contributed by atoms with Gasteiger partial charge in [-0.2, -0.15) is 0 Å². The lowest BCUT2D eigenvalue weighted by Crippen LogP contribution is -2.23. The van der Waals surface area contributed by atoms with E-state index in [4.69, 9.17) is 0 Å². The lowest BCUT2D eigenvalue weighted by atomic mass is 10.0. The number of hydrogen-bond acceptors (Lipinski definition) is 3. The van der Waals surface area contributed by atoms with Crippen LogP contribution in [0.4, 0.5) is 4.39 Å². The number of amides is 1. The average Bonchev–Trinajstić information content (AvgIpc) is 3.02. The van der Waals surface area contributed by atoms with Gasteiger partial charge in [-0.25, -0.2) is 4.39 Å². The summed E-state index contributed by atoms with van der Waals surface area (Å²) in [6.45, 7) is 3.99. The van der Waals surface area contributed by atoms with Crippen molar-refractivity contribution in [3.8, 4) is 5.75 Å². The number of fused-ring (bicyclic) bond motifs is 1. The van der Waals surface area contributed by atoms with Crippen molar-refractivity contribution < 1.29 is 19.4 Å². The van der Waals surface area contributed by atoms with Crippen molar-refractivity contribution in [1.29, 1.82) is 0 Å². The molecular formula is C22H23FN2O3. The highest BCUT2D eigenvalue weighted by Crippen LogP contribution is 2.27. The number of aryl methyl sites for hydroxylation is 2. The molecule has 0 bridgehead atoms.